The third-order valence-electron chi connectivity index (χ3n) is 3.30. The molecule has 0 radical (unpaired) electrons. The molecule has 0 unspecified atom stereocenters. The van der Waals surface area contributed by atoms with Crippen LogP contribution in [0.5, 0.6) is 0 Å². The Bertz CT molecular complexity index is 841. The first-order valence-electron chi connectivity index (χ1n) is 7.42. The van der Waals surface area contributed by atoms with E-state index in [2.05, 4.69) is 10.3 Å². The van der Waals surface area contributed by atoms with Gasteiger partial charge in [-0.2, -0.15) is 0 Å². The summed E-state index contributed by atoms with van der Waals surface area (Å²) in [6, 6.07) is 16.0. The number of nitrogens with one attached hydrogen (secondary N) is 1. The van der Waals surface area contributed by atoms with Gasteiger partial charge in [-0.3, -0.25) is 10.1 Å². The van der Waals surface area contributed by atoms with Crippen LogP contribution in [-0.4, -0.2) is 10.9 Å². The van der Waals surface area contributed by atoms with Crippen molar-refractivity contribution in [3.05, 3.63) is 88.7 Å². The van der Waals surface area contributed by atoms with Crippen molar-refractivity contribution in [3.63, 3.8) is 0 Å². The van der Waals surface area contributed by atoms with Gasteiger partial charge < -0.3 is 0 Å². The van der Waals surface area contributed by atoms with Crippen LogP contribution in [0.4, 0.5) is 9.52 Å². The first-order valence-corrected chi connectivity index (χ1v) is 8.24. The molecular weight excluding hydrogens is 323 g/mol. The van der Waals surface area contributed by atoms with Gasteiger partial charge in [-0.05, 0) is 29.3 Å². The minimum absolute atomic E-state index is 0.221. The molecule has 1 heterocycles. The number of hydrogen-bond donors (Lipinski definition) is 1. The molecule has 1 N–H and O–H groups in total. The van der Waals surface area contributed by atoms with Gasteiger partial charge in [-0.25, -0.2) is 9.37 Å². The molecule has 0 aliphatic carbocycles. The van der Waals surface area contributed by atoms with Crippen molar-refractivity contribution in [2.24, 2.45) is 0 Å². The summed E-state index contributed by atoms with van der Waals surface area (Å²) < 4.78 is 12.9. The summed E-state index contributed by atoms with van der Waals surface area (Å²) in [7, 11) is 0. The molecule has 5 heteroatoms. The Kier molecular flexibility index (Phi) is 5.13. The highest BCUT2D eigenvalue weighted by molar-refractivity contribution is 7.15. The molecule has 3 rings (SSSR count). The molecule has 24 heavy (non-hydrogen) atoms. The Morgan fingerprint density at radius 1 is 1.12 bits per heavy atom. The predicted molar refractivity (Wildman–Crippen MR) is 95.4 cm³/mol. The second-order valence-corrected chi connectivity index (χ2v) is 6.28. The quantitative estimate of drug-likeness (QED) is 0.695. The Balaban J connectivity index is 1.58. The van der Waals surface area contributed by atoms with Crippen molar-refractivity contribution in [1.82, 2.24) is 4.98 Å². The lowest BCUT2D eigenvalue weighted by Gasteiger charge is -1.98. The zero-order valence-corrected chi connectivity index (χ0v) is 13.6. The van der Waals surface area contributed by atoms with Gasteiger partial charge in [-0.1, -0.05) is 42.5 Å². The van der Waals surface area contributed by atoms with Crippen LogP contribution in [0.25, 0.3) is 6.08 Å². The lowest BCUT2D eigenvalue weighted by atomic mass is 10.1. The fourth-order valence-corrected chi connectivity index (χ4v) is 2.98. The van der Waals surface area contributed by atoms with Crippen LogP contribution >= 0.6 is 11.3 Å². The summed E-state index contributed by atoms with van der Waals surface area (Å²) in [5.41, 5.74) is 1.96. The van der Waals surface area contributed by atoms with Crippen LogP contribution in [0.15, 0.2) is 66.9 Å². The van der Waals surface area contributed by atoms with Crippen LogP contribution in [0, 0.1) is 5.82 Å². The normalized spacial score (nSPS) is 10.9. The van der Waals surface area contributed by atoms with E-state index in [-0.39, 0.29) is 11.7 Å². The number of carbonyl (C=O) groups excluding carboxylic acids is 1. The number of aromatic nitrogens is 1. The van der Waals surface area contributed by atoms with E-state index < -0.39 is 0 Å². The van der Waals surface area contributed by atoms with E-state index in [4.69, 9.17) is 0 Å². The van der Waals surface area contributed by atoms with Crippen molar-refractivity contribution in [2.45, 2.75) is 6.42 Å². The molecule has 2 aromatic carbocycles. The molecule has 0 saturated carbocycles. The molecule has 0 bridgehead atoms. The zero-order chi connectivity index (χ0) is 16.8. The summed E-state index contributed by atoms with van der Waals surface area (Å²) in [5.74, 6) is -0.470. The van der Waals surface area contributed by atoms with Gasteiger partial charge in [0.2, 0.25) is 5.91 Å². The average Bonchev–Trinajstić information content (AvgIpc) is 3.03. The van der Waals surface area contributed by atoms with Gasteiger partial charge in [0.15, 0.2) is 5.13 Å². The van der Waals surface area contributed by atoms with E-state index in [0.717, 1.165) is 16.0 Å². The molecule has 0 fully saturated rings. The van der Waals surface area contributed by atoms with E-state index in [1.807, 2.05) is 30.3 Å². The van der Waals surface area contributed by atoms with Crippen LogP contribution < -0.4 is 5.32 Å². The number of carbonyl (C=O) groups is 1. The number of nitrogens with zero attached hydrogens (tertiary/aromatic N) is 1. The van der Waals surface area contributed by atoms with Crippen molar-refractivity contribution in [3.8, 4) is 0 Å². The van der Waals surface area contributed by atoms with Gasteiger partial charge in [0.1, 0.15) is 5.82 Å². The predicted octanol–water partition coefficient (Wildman–Crippen LogP) is 4.52. The fraction of sp³-hybridized carbons (Fsp3) is 0.0526. The molecule has 0 spiro atoms. The highest BCUT2D eigenvalue weighted by Crippen LogP contribution is 2.21. The molecule has 0 atom stereocenters. The molecule has 0 aliphatic rings. The van der Waals surface area contributed by atoms with Gasteiger partial charge in [0.05, 0.1) is 0 Å². The standard InChI is InChI=1S/C19H15FN2OS/c20-16-9-6-15(7-10-16)12-17-13-21-19(24-17)22-18(23)11-8-14-4-2-1-3-5-14/h1-11,13H,12H2,(H,21,22,23). The Labute approximate surface area is 143 Å². The first-order chi connectivity index (χ1) is 11.7. The van der Waals surface area contributed by atoms with Gasteiger partial charge in [0.25, 0.3) is 0 Å². The SMILES string of the molecule is O=C(C=Cc1ccccc1)Nc1ncc(Cc2ccc(F)cc2)s1. The summed E-state index contributed by atoms with van der Waals surface area (Å²) in [4.78, 5) is 17.1. The van der Waals surface area contributed by atoms with Gasteiger partial charge >= 0.3 is 0 Å². The minimum Gasteiger partial charge on any atom is -0.298 e. The Hall–Kier alpha value is -2.79. The highest BCUT2D eigenvalue weighted by atomic mass is 32.1. The van der Waals surface area contributed by atoms with Gasteiger partial charge in [-0.15, -0.1) is 11.3 Å². The number of halogens is 1. The van der Waals surface area contributed by atoms with E-state index >= 15 is 0 Å². The minimum atomic E-state index is -0.249. The zero-order valence-electron chi connectivity index (χ0n) is 12.8. The Morgan fingerprint density at radius 3 is 2.62 bits per heavy atom. The average molecular weight is 338 g/mol. The lowest BCUT2D eigenvalue weighted by molar-refractivity contribution is -0.111. The molecule has 1 amide bonds. The van der Waals surface area contributed by atoms with E-state index in [1.165, 1.54) is 29.5 Å². The molecule has 1 aromatic heterocycles. The fourth-order valence-electron chi connectivity index (χ4n) is 2.13. The van der Waals surface area contributed by atoms with Crippen molar-refractivity contribution < 1.29 is 9.18 Å². The third kappa shape index (κ3) is 4.60. The smallest absolute Gasteiger partial charge is 0.250 e. The van der Waals surface area contributed by atoms with Crippen LogP contribution in [0.3, 0.4) is 0 Å². The van der Waals surface area contributed by atoms with Gasteiger partial charge in [0, 0.05) is 23.6 Å². The maximum absolute atomic E-state index is 12.9. The second kappa shape index (κ2) is 7.66. The van der Waals surface area contributed by atoms with E-state index in [1.54, 1.807) is 24.4 Å². The maximum atomic E-state index is 12.9. The molecule has 0 saturated heterocycles. The summed E-state index contributed by atoms with van der Waals surface area (Å²) in [6.45, 7) is 0. The second-order valence-electron chi connectivity index (χ2n) is 5.17. The monoisotopic (exact) mass is 338 g/mol. The topological polar surface area (TPSA) is 42.0 Å². The van der Waals surface area contributed by atoms with E-state index in [0.29, 0.717) is 11.6 Å². The maximum Gasteiger partial charge on any atom is 0.250 e. The number of amides is 1. The number of benzene rings is 2. The van der Waals surface area contributed by atoms with Crippen molar-refractivity contribution in [2.75, 3.05) is 5.32 Å². The third-order valence-corrected chi connectivity index (χ3v) is 4.21. The molecule has 3 nitrogen and oxygen atoms in total. The number of thiazole rings is 1. The summed E-state index contributed by atoms with van der Waals surface area (Å²) >= 11 is 1.41. The van der Waals surface area contributed by atoms with E-state index in [9.17, 15) is 9.18 Å². The number of rotatable bonds is 5. The molecule has 0 aliphatic heterocycles. The largest absolute Gasteiger partial charge is 0.298 e. The lowest BCUT2D eigenvalue weighted by Crippen LogP contribution is -2.06. The Morgan fingerprint density at radius 2 is 1.88 bits per heavy atom. The number of anilines is 1. The van der Waals surface area contributed by atoms with Crippen LogP contribution in [0.1, 0.15) is 16.0 Å². The molecular formula is C19H15FN2OS. The first kappa shape index (κ1) is 16.1. The van der Waals surface area contributed by atoms with Crippen molar-refractivity contribution in [1.29, 1.82) is 0 Å². The highest BCUT2D eigenvalue weighted by Gasteiger charge is 2.05. The molecule has 3 aromatic rings. The van der Waals surface area contributed by atoms with Crippen LogP contribution in [-0.2, 0) is 11.2 Å². The molecule has 120 valence electrons. The van der Waals surface area contributed by atoms with Crippen molar-refractivity contribution >= 4 is 28.5 Å². The summed E-state index contributed by atoms with van der Waals surface area (Å²) in [6.07, 6.45) is 5.62. The number of hydrogen-bond acceptors (Lipinski definition) is 3. The van der Waals surface area contributed by atoms with Crippen LogP contribution in [0.2, 0.25) is 0 Å². The summed E-state index contributed by atoms with van der Waals surface area (Å²) in [5, 5.41) is 3.30.